The van der Waals surface area contributed by atoms with Gasteiger partial charge in [-0.2, -0.15) is 0 Å². The number of ether oxygens (including phenoxy) is 1. The third kappa shape index (κ3) is 2.64. The Balaban J connectivity index is 1.87. The molecule has 1 aliphatic heterocycles. The summed E-state index contributed by atoms with van der Waals surface area (Å²) in [5.41, 5.74) is 2.24. The Labute approximate surface area is 123 Å². The number of aryl methyl sites for hydroxylation is 1. The molecule has 0 unspecified atom stereocenters. The fraction of sp³-hybridized carbons (Fsp3) is 0.400. The Kier molecular flexibility index (Phi) is 3.89. The van der Waals surface area contributed by atoms with Gasteiger partial charge in [0.25, 0.3) is 0 Å². The molecule has 0 aliphatic carbocycles. The lowest BCUT2D eigenvalue weighted by Crippen LogP contribution is -2.43. The number of methoxy groups -OCH3 is 1. The summed E-state index contributed by atoms with van der Waals surface area (Å²) in [7, 11) is 1.69. The molecule has 0 bridgehead atoms. The van der Waals surface area contributed by atoms with Crippen molar-refractivity contribution >= 4 is 16.5 Å². The quantitative estimate of drug-likeness (QED) is 0.942. The van der Waals surface area contributed by atoms with Crippen molar-refractivity contribution in [3.8, 4) is 17.0 Å². The van der Waals surface area contributed by atoms with Gasteiger partial charge in [0.1, 0.15) is 5.75 Å². The van der Waals surface area contributed by atoms with Crippen LogP contribution in [0.4, 0.5) is 5.13 Å². The first kappa shape index (κ1) is 13.4. The van der Waals surface area contributed by atoms with Crippen LogP contribution in [-0.2, 0) is 0 Å². The van der Waals surface area contributed by atoms with E-state index in [4.69, 9.17) is 9.72 Å². The monoisotopic (exact) mass is 289 g/mol. The van der Waals surface area contributed by atoms with Crippen LogP contribution in [0.1, 0.15) is 4.88 Å². The van der Waals surface area contributed by atoms with Crippen LogP contribution in [0.2, 0.25) is 0 Å². The first-order valence-electron chi connectivity index (χ1n) is 6.85. The van der Waals surface area contributed by atoms with Gasteiger partial charge in [0.05, 0.1) is 12.8 Å². The first-order valence-corrected chi connectivity index (χ1v) is 7.67. The molecule has 106 valence electrons. The molecule has 1 fully saturated rings. The predicted molar refractivity (Wildman–Crippen MR) is 83.9 cm³/mol. The normalized spacial score (nSPS) is 15.4. The van der Waals surface area contributed by atoms with Crippen molar-refractivity contribution in [1.82, 2.24) is 10.3 Å². The number of piperazine rings is 1. The molecule has 0 saturated carbocycles. The minimum atomic E-state index is 0.879. The Morgan fingerprint density at radius 2 is 1.90 bits per heavy atom. The van der Waals surface area contributed by atoms with Crippen LogP contribution in [-0.4, -0.2) is 38.3 Å². The number of anilines is 1. The van der Waals surface area contributed by atoms with Crippen molar-refractivity contribution < 1.29 is 4.74 Å². The summed E-state index contributed by atoms with van der Waals surface area (Å²) in [6.45, 7) is 6.29. The van der Waals surface area contributed by atoms with Crippen LogP contribution >= 0.6 is 11.3 Å². The highest BCUT2D eigenvalue weighted by atomic mass is 32.1. The van der Waals surface area contributed by atoms with Gasteiger partial charge in [-0.15, -0.1) is 11.3 Å². The van der Waals surface area contributed by atoms with Crippen LogP contribution in [0.5, 0.6) is 5.75 Å². The van der Waals surface area contributed by atoms with Gasteiger partial charge >= 0.3 is 0 Å². The largest absolute Gasteiger partial charge is 0.497 e. The third-order valence-corrected chi connectivity index (χ3v) is 4.57. The molecular formula is C15H19N3OS. The van der Waals surface area contributed by atoms with Crippen LogP contribution in [0.3, 0.4) is 0 Å². The van der Waals surface area contributed by atoms with E-state index >= 15 is 0 Å². The van der Waals surface area contributed by atoms with E-state index in [1.165, 1.54) is 4.88 Å². The molecule has 0 amide bonds. The lowest BCUT2D eigenvalue weighted by Gasteiger charge is -2.26. The molecule has 0 atom stereocenters. The molecule has 5 heteroatoms. The highest BCUT2D eigenvalue weighted by Crippen LogP contribution is 2.33. The van der Waals surface area contributed by atoms with Gasteiger partial charge < -0.3 is 15.0 Å². The minimum absolute atomic E-state index is 0.879. The Morgan fingerprint density at radius 3 is 2.55 bits per heavy atom. The number of nitrogens with zero attached hydrogens (tertiary/aromatic N) is 2. The fourth-order valence-electron chi connectivity index (χ4n) is 2.39. The summed E-state index contributed by atoms with van der Waals surface area (Å²) in [6, 6.07) is 8.11. The average Bonchev–Trinajstić information content (AvgIpc) is 2.90. The number of nitrogens with one attached hydrogen (secondary N) is 1. The van der Waals surface area contributed by atoms with Crippen molar-refractivity contribution in [2.24, 2.45) is 0 Å². The second kappa shape index (κ2) is 5.81. The molecule has 1 aromatic heterocycles. The molecule has 1 N–H and O–H groups in total. The number of rotatable bonds is 3. The van der Waals surface area contributed by atoms with Gasteiger partial charge in [-0.25, -0.2) is 4.98 Å². The predicted octanol–water partition coefficient (Wildman–Crippen LogP) is 2.54. The molecule has 2 heterocycles. The zero-order valence-corrected chi connectivity index (χ0v) is 12.7. The number of thiazole rings is 1. The molecule has 1 aliphatic rings. The highest BCUT2D eigenvalue weighted by molar-refractivity contribution is 7.16. The zero-order valence-electron chi connectivity index (χ0n) is 11.8. The van der Waals surface area contributed by atoms with E-state index in [1.807, 2.05) is 12.1 Å². The topological polar surface area (TPSA) is 37.4 Å². The van der Waals surface area contributed by atoms with Crippen LogP contribution in [0.15, 0.2) is 24.3 Å². The molecule has 20 heavy (non-hydrogen) atoms. The third-order valence-electron chi connectivity index (χ3n) is 3.54. The van der Waals surface area contributed by atoms with E-state index < -0.39 is 0 Å². The number of hydrogen-bond donors (Lipinski definition) is 1. The number of aromatic nitrogens is 1. The Bertz CT molecular complexity index is 573. The molecule has 0 radical (unpaired) electrons. The summed E-state index contributed by atoms with van der Waals surface area (Å²) >= 11 is 1.78. The minimum Gasteiger partial charge on any atom is -0.497 e. The average molecular weight is 289 g/mol. The van der Waals surface area contributed by atoms with Gasteiger partial charge in [-0.1, -0.05) is 0 Å². The number of hydrogen-bond acceptors (Lipinski definition) is 5. The van der Waals surface area contributed by atoms with Crippen molar-refractivity contribution in [2.45, 2.75) is 6.92 Å². The van der Waals surface area contributed by atoms with E-state index in [-0.39, 0.29) is 0 Å². The second-order valence-corrected chi connectivity index (χ2v) is 6.05. The summed E-state index contributed by atoms with van der Waals surface area (Å²) in [6.07, 6.45) is 0. The lowest BCUT2D eigenvalue weighted by atomic mass is 10.1. The molecule has 1 saturated heterocycles. The van der Waals surface area contributed by atoms with Crippen molar-refractivity contribution in [1.29, 1.82) is 0 Å². The van der Waals surface area contributed by atoms with E-state index in [2.05, 4.69) is 29.3 Å². The van der Waals surface area contributed by atoms with E-state index in [9.17, 15) is 0 Å². The molecular weight excluding hydrogens is 270 g/mol. The van der Waals surface area contributed by atoms with Gasteiger partial charge in [0.15, 0.2) is 5.13 Å². The first-order chi connectivity index (χ1) is 9.78. The number of benzene rings is 1. The maximum Gasteiger partial charge on any atom is 0.186 e. The lowest BCUT2D eigenvalue weighted by molar-refractivity contribution is 0.415. The second-order valence-electron chi connectivity index (χ2n) is 4.87. The maximum absolute atomic E-state index is 5.20. The Hall–Kier alpha value is -1.59. The SMILES string of the molecule is COc1ccc(-c2nc(N3CCNCC3)sc2C)cc1. The van der Waals surface area contributed by atoms with Crippen molar-refractivity contribution in [3.63, 3.8) is 0 Å². The van der Waals surface area contributed by atoms with Gasteiger partial charge in [-0.3, -0.25) is 0 Å². The molecule has 4 nitrogen and oxygen atoms in total. The van der Waals surface area contributed by atoms with Crippen LogP contribution < -0.4 is 15.0 Å². The van der Waals surface area contributed by atoms with Crippen molar-refractivity contribution in [2.75, 3.05) is 38.2 Å². The van der Waals surface area contributed by atoms with Crippen LogP contribution in [0.25, 0.3) is 11.3 Å². The molecule has 3 rings (SSSR count). The highest BCUT2D eigenvalue weighted by Gasteiger charge is 2.17. The maximum atomic E-state index is 5.20. The zero-order chi connectivity index (χ0) is 13.9. The van der Waals surface area contributed by atoms with E-state index in [0.29, 0.717) is 0 Å². The van der Waals surface area contributed by atoms with E-state index in [1.54, 1.807) is 18.4 Å². The van der Waals surface area contributed by atoms with Crippen molar-refractivity contribution in [3.05, 3.63) is 29.1 Å². The standard InChI is InChI=1S/C15H19N3OS/c1-11-14(12-3-5-13(19-2)6-4-12)17-15(20-11)18-9-7-16-8-10-18/h3-6,16H,7-10H2,1-2H3. The molecule has 2 aromatic rings. The summed E-state index contributed by atoms with van der Waals surface area (Å²) < 4.78 is 5.20. The van der Waals surface area contributed by atoms with Gasteiger partial charge in [0.2, 0.25) is 0 Å². The Morgan fingerprint density at radius 1 is 1.20 bits per heavy atom. The summed E-state index contributed by atoms with van der Waals surface area (Å²) in [4.78, 5) is 8.46. The molecule has 0 spiro atoms. The van der Waals surface area contributed by atoms with Gasteiger partial charge in [0, 0.05) is 36.6 Å². The molecule has 1 aromatic carbocycles. The summed E-state index contributed by atoms with van der Waals surface area (Å²) in [5.74, 6) is 0.879. The van der Waals surface area contributed by atoms with Crippen LogP contribution in [0, 0.1) is 6.92 Å². The fourth-order valence-corrected chi connectivity index (χ4v) is 3.37. The van der Waals surface area contributed by atoms with Gasteiger partial charge in [-0.05, 0) is 31.2 Å². The van der Waals surface area contributed by atoms with E-state index in [0.717, 1.165) is 48.3 Å². The smallest absolute Gasteiger partial charge is 0.186 e. The summed E-state index contributed by atoms with van der Waals surface area (Å²) in [5, 5.41) is 4.51.